The normalized spacial score (nSPS) is 15.7. The minimum absolute atomic E-state index is 0.0511. The molecule has 0 saturated carbocycles. The van der Waals surface area contributed by atoms with Crippen LogP contribution in [0.4, 0.5) is 16.3 Å². The summed E-state index contributed by atoms with van der Waals surface area (Å²) < 4.78 is 6.48. The van der Waals surface area contributed by atoms with E-state index in [9.17, 15) is 9.59 Å². The second-order valence-electron chi connectivity index (χ2n) is 10.7. The minimum Gasteiger partial charge on any atom is -0.444 e. The summed E-state index contributed by atoms with van der Waals surface area (Å²) in [5.74, 6) is 6.47. The van der Waals surface area contributed by atoms with Crippen molar-refractivity contribution in [3.8, 4) is 11.8 Å². The number of hydrogen-bond acceptors (Lipinski definition) is 4. The van der Waals surface area contributed by atoms with Crippen LogP contribution in [0.3, 0.4) is 0 Å². The fourth-order valence-corrected chi connectivity index (χ4v) is 5.09. The molecule has 0 spiro atoms. The van der Waals surface area contributed by atoms with E-state index in [0.717, 1.165) is 46.2 Å². The Bertz CT molecular complexity index is 1230. The zero-order valence-electron chi connectivity index (χ0n) is 21.8. The van der Waals surface area contributed by atoms with Gasteiger partial charge in [-0.05, 0) is 108 Å². The zero-order valence-corrected chi connectivity index (χ0v) is 23.4. The number of carbonyl (C=O) groups excluding carboxylic acids is 2. The van der Waals surface area contributed by atoms with Crippen molar-refractivity contribution in [3.63, 3.8) is 0 Å². The topological polar surface area (TPSA) is 62.7 Å². The van der Waals surface area contributed by atoms with Gasteiger partial charge >= 0.3 is 12.0 Å². The van der Waals surface area contributed by atoms with Crippen LogP contribution in [0.15, 0.2) is 28.7 Å². The zero-order chi connectivity index (χ0) is 26.0. The highest BCUT2D eigenvalue weighted by molar-refractivity contribution is 9.10. The molecule has 2 heterocycles. The third kappa shape index (κ3) is 6.10. The molecule has 7 heteroatoms. The lowest BCUT2D eigenvalue weighted by molar-refractivity contribution is -0.112. The van der Waals surface area contributed by atoms with E-state index in [0.29, 0.717) is 31.7 Å². The summed E-state index contributed by atoms with van der Waals surface area (Å²) in [6.07, 6.45) is 4.21. The average molecular weight is 553 g/mol. The lowest BCUT2D eigenvalue weighted by Gasteiger charge is -2.31. The monoisotopic (exact) mass is 551 g/mol. The number of carbonyl (C=O) groups is 2. The highest BCUT2D eigenvalue weighted by atomic mass is 79.9. The highest BCUT2D eigenvalue weighted by Gasteiger charge is 2.27. The Morgan fingerprint density at radius 1 is 1.11 bits per heavy atom. The van der Waals surface area contributed by atoms with Gasteiger partial charge in [-0.1, -0.05) is 27.9 Å². The second-order valence-corrected chi connectivity index (χ2v) is 11.5. The Morgan fingerprint density at radius 3 is 2.53 bits per heavy atom. The van der Waals surface area contributed by atoms with Crippen molar-refractivity contribution in [1.29, 1.82) is 0 Å². The lowest BCUT2D eigenvalue weighted by atomic mass is 9.97. The van der Waals surface area contributed by atoms with Crippen LogP contribution in [0, 0.1) is 31.6 Å². The van der Waals surface area contributed by atoms with E-state index in [1.807, 2.05) is 52.8 Å². The molecule has 2 aliphatic rings. The number of rotatable bonds is 2. The van der Waals surface area contributed by atoms with Gasteiger partial charge in [0.2, 0.25) is 0 Å². The molecule has 1 aliphatic heterocycles. The number of hydrogen-bond donors (Lipinski definition) is 0. The van der Waals surface area contributed by atoms with Gasteiger partial charge in [0.1, 0.15) is 11.4 Å². The second kappa shape index (κ2) is 10.6. The number of likely N-dealkylation sites (tertiary alicyclic amines) is 1. The van der Waals surface area contributed by atoms with Crippen LogP contribution in [0.25, 0.3) is 0 Å². The number of aromatic nitrogens is 1. The first-order chi connectivity index (χ1) is 17.0. The van der Waals surface area contributed by atoms with Crippen molar-refractivity contribution in [2.45, 2.75) is 72.3 Å². The van der Waals surface area contributed by atoms with Gasteiger partial charge in [0, 0.05) is 29.2 Å². The molecule has 0 bridgehead atoms. The standard InChI is InChI=1S/C29H34BrN3O3/c1-19-18-25(20(2)17-23(19)30)33(26-11-10-22-7-6-8-24(22)31-26)27(34)12-9-21-13-15-32(16-14-21)28(35)36-29(3,4)5/h10-11,17-18,21H,6-8,13-16H2,1-5H3. The first-order valence-electron chi connectivity index (χ1n) is 12.6. The molecule has 2 amide bonds. The molecule has 1 aliphatic carbocycles. The molecule has 190 valence electrons. The summed E-state index contributed by atoms with van der Waals surface area (Å²) in [6.45, 7) is 10.7. The van der Waals surface area contributed by atoms with E-state index in [1.165, 1.54) is 5.56 Å². The number of anilines is 2. The molecule has 0 atom stereocenters. The molecule has 1 saturated heterocycles. The fraction of sp³-hybridized carbons (Fsp3) is 0.483. The largest absolute Gasteiger partial charge is 0.444 e. The number of fused-ring (bicyclic) bond motifs is 1. The predicted octanol–water partition coefficient (Wildman–Crippen LogP) is 6.26. The Balaban J connectivity index is 1.55. The van der Waals surface area contributed by atoms with Crippen LogP contribution in [0.2, 0.25) is 0 Å². The molecular formula is C29H34BrN3O3. The summed E-state index contributed by atoms with van der Waals surface area (Å²) >= 11 is 3.59. The summed E-state index contributed by atoms with van der Waals surface area (Å²) in [7, 11) is 0. The van der Waals surface area contributed by atoms with Crippen molar-refractivity contribution in [2.75, 3.05) is 18.0 Å². The third-order valence-electron chi connectivity index (χ3n) is 6.59. The van der Waals surface area contributed by atoms with Gasteiger partial charge in [0.15, 0.2) is 0 Å². The number of nitrogens with zero attached hydrogens (tertiary/aromatic N) is 3. The van der Waals surface area contributed by atoms with Crippen LogP contribution in [-0.4, -0.2) is 40.6 Å². The molecule has 1 aromatic heterocycles. The number of benzene rings is 1. The molecule has 36 heavy (non-hydrogen) atoms. The average Bonchev–Trinajstić information content (AvgIpc) is 3.28. The predicted molar refractivity (Wildman–Crippen MR) is 145 cm³/mol. The highest BCUT2D eigenvalue weighted by Crippen LogP contribution is 2.33. The van der Waals surface area contributed by atoms with Crippen LogP contribution < -0.4 is 4.90 Å². The van der Waals surface area contributed by atoms with Crippen LogP contribution in [0.5, 0.6) is 0 Å². The Morgan fingerprint density at radius 2 is 1.83 bits per heavy atom. The molecule has 0 radical (unpaired) electrons. The van der Waals surface area contributed by atoms with Gasteiger partial charge in [-0.15, -0.1) is 0 Å². The summed E-state index contributed by atoms with van der Waals surface area (Å²) in [6, 6.07) is 8.05. The van der Waals surface area contributed by atoms with E-state index >= 15 is 0 Å². The fourth-order valence-electron chi connectivity index (χ4n) is 4.63. The molecule has 4 rings (SSSR count). The van der Waals surface area contributed by atoms with E-state index in [4.69, 9.17) is 9.72 Å². The molecule has 1 aromatic carbocycles. The van der Waals surface area contributed by atoms with Crippen LogP contribution in [0.1, 0.15) is 62.4 Å². The number of amides is 2. The SMILES string of the molecule is Cc1cc(N(C(=O)C#CC2CCN(C(=O)OC(C)(C)C)CC2)c2ccc3c(n2)CCC3)c(C)cc1Br. The lowest BCUT2D eigenvalue weighted by Crippen LogP contribution is -2.41. The first kappa shape index (κ1) is 26.2. The molecule has 6 nitrogen and oxygen atoms in total. The summed E-state index contributed by atoms with van der Waals surface area (Å²) in [5.41, 5.74) is 4.61. The van der Waals surface area contributed by atoms with Gasteiger partial charge < -0.3 is 9.64 Å². The maximum Gasteiger partial charge on any atom is 0.410 e. The number of halogens is 1. The molecule has 0 N–H and O–H groups in total. The van der Waals surface area contributed by atoms with Gasteiger partial charge in [-0.2, -0.15) is 0 Å². The van der Waals surface area contributed by atoms with Crippen LogP contribution >= 0.6 is 15.9 Å². The van der Waals surface area contributed by atoms with Crippen molar-refractivity contribution in [3.05, 3.63) is 51.1 Å². The molecule has 0 unspecified atom stereocenters. The maximum atomic E-state index is 13.6. The van der Waals surface area contributed by atoms with E-state index in [2.05, 4.69) is 33.8 Å². The summed E-state index contributed by atoms with van der Waals surface area (Å²) in [4.78, 5) is 34.2. The van der Waals surface area contributed by atoms with Crippen molar-refractivity contribution < 1.29 is 14.3 Å². The van der Waals surface area contributed by atoms with Crippen LogP contribution in [-0.2, 0) is 22.4 Å². The Hall–Kier alpha value is -2.85. The minimum atomic E-state index is -0.515. The van der Waals surface area contributed by atoms with Crippen molar-refractivity contribution >= 4 is 39.4 Å². The Kier molecular flexibility index (Phi) is 7.75. The summed E-state index contributed by atoms with van der Waals surface area (Å²) in [5, 5.41) is 0. The van der Waals surface area contributed by atoms with Gasteiger partial charge in [-0.3, -0.25) is 9.69 Å². The molecule has 2 aromatic rings. The Labute approximate surface area is 222 Å². The quantitative estimate of drug-likeness (QED) is 0.413. The first-order valence-corrected chi connectivity index (χ1v) is 13.4. The number of pyridine rings is 1. The number of aryl methyl sites for hydroxylation is 4. The molecule has 1 fully saturated rings. The maximum absolute atomic E-state index is 13.6. The van der Waals surface area contributed by atoms with E-state index in [1.54, 1.807) is 9.80 Å². The van der Waals surface area contributed by atoms with E-state index < -0.39 is 5.60 Å². The van der Waals surface area contributed by atoms with Crippen molar-refractivity contribution in [2.24, 2.45) is 5.92 Å². The smallest absolute Gasteiger partial charge is 0.410 e. The van der Waals surface area contributed by atoms with Gasteiger partial charge in [0.25, 0.3) is 0 Å². The molecular weight excluding hydrogens is 518 g/mol. The third-order valence-corrected chi connectivity index (χ3v) is 7.45. The van der Waals surface area contributed by atoms with Gasteiger partial charge in [-0.25, -0.2) is 9.78 Å². The number of ether oxygens (including phenoxy) is 1. The van der Waals surface area contributed by atoms with E-state index in [-0.39, 0.29) is 17.9 Å². The van der Waals surface area contributed by atoms with Gasteiger partial charge in [0.05, 0.1) is 5.69 Å². The van der Waals surface area contributed by atoms with Crippen molar-refractivity contribution in [1.82, 2.24) is 9.88 Å². The number of piperidine rings is 1.